The van der Waals surface area contributed by atoms with Gasteiger partial charge in [0, 0.05) is 26.2 Å². The number of fused-ring (bicyclic) bond motifs is 1. The number of hydrogen-bond acceptors (Lipinski definition) is 4. The summed E-state index contributed by atoms with van der Waals surface area (Å²) in [7, 11) is 0. The highest BCUT2D eigenvalue weighted by atomic mass is 16.3. The molecule has 0 bridgehead atoms. The molecule has 2 saturated heterocycles. The number of carbonyl (C=O) groups excluding carboxylic acids is 2. The van der Waals surface area contributed by atoms with E-state index in [0.717, 1.165) is 13.1 Å². The second kappa shape index (κ2) is 6.29. The Morgan fingerprint density at radius 2 is 2.04 bits per heavy atom. The van der Waals surface area contributed by atoms with Crippen LogP contribution >= 0.6 is 0 Å². The van der Waals surface area contributed by atoms with Gasteiger partial charge in [0.25, 0.3) is 0 Å². The number of hydrogen-bond donors (Lipinski definition) is 2. The average Bonchev–Trinajstić information content (AvgIpc) is 2.53. The first kappa shape index (κ1) is 16.0. The molecular formula is C17H23N3O3. The largest absolute Gasteiger partial charge is 0.394 e. The number of nitrogens with zero attached hydrogens (tertiary/aromatic N) is 2. The highest BCUT2D eigenvalue weighted by molar-refractivity contribution is 5.97. The van der Waals surface area contributed by atoms with E-state index < -0.39 is 12.1 Å². The summed E-state index contributed by atoms with van der Waals surface area (Å²) in [5, 5.41) is 11.8. The van der Waals surface area contributed by atoms with Gasteiger partial charge in [0.1, 0.15) is 12.1 Å². The highest BCUT2D eigenvalue weighted by Crippen LogP contribution is 2.19. The molecule has 0 aromatic heterocycles. The number of nitrogens with one attached hydrogen (secondary N) is 1. The Bertz CT molecular complexity index is 632. The van der Waals surface area contributed by atoms with Crippen molar-refractivity contribution in [2.75, 3.05) is 26.2 Å². The Labute approximate surface area is 136 Å². The summed E-state index contributed by atoms with van der Waals surface area (Å²) >= 11 is 0. The van der Waals surface area contributed by atoms with Gasteiger partial charge in [0.15, 0.2) is 0 Å². The molecule has 1 aromatic carbocycles. The molecule has 0 saturated carbocycles. The third-order valence-corrected chi connectivity index (χ3v) is 4.74. The maximum Gasteiger partial charge on any atom is 0.248 e. The molecule has 6 heteroatoms. The summed E-state index contributed by atoms with van der Waals surface area (Å²) in [6.07, 6.45) is 0. The van der Waals surface area contributed by atoms with Gasteiger partial charge in [-0.3, -0.25) is 14.5 Å². The summed E-state index contributed by atoms with van der Waals surface area (Å²) < 4.78 is 0. The van der Waals surface area contributed by atoms with E-state index in [1.165, 1.54) is 16.7 Å². The molecule has 0 radical (unpaired) electrons. The maximum absolute atomic E-state index is 12.2. The minimum atomic E-state index is -0.787. The highest BCUT2D eigenvalue weighted by Gasteiger charge is 2.43. The minimum absolute atomic E-state index is 0.172. The number of aliphatic hydroxyl groups excluding tert-OH is 1. The van der Waals surface area contributed by atoms with Crippen molar-refractivity contribution in [3.8, 4) is 0 Å². The lowest BCUT2D eigenvalue weighted by atomic mass is 10.0. The molecular weight excluding hydrogens is 294 g/mol. The molecule has 3 rings (SSSR count). The van der Waals surface area contributed by atoms with E-state index in [-0.39, 0.29) is 18.4 Å². The Kier molecular flexibility index (Phi) is 4.37. The number of amides is 2. The van der Waals surface area contributed by atoms with Crippen molar-refractivity contribution in [2.24, 2.45) is 0 Å². The van der Waals surface area contributed by atoms with Crippen LogP contribution in [0.5, 0.6) is 0 Å². The molecule has 0 spiro atoms. The normalized spacial score (nSPS) is 25.3. The van der Waals surface area contributed by atoms with Crippen molar-refractivity contribution < 1.29 is 14.7 Å². The fourth-order valence-corrected chi connectivity index (χ4v) is 3.39. The summed E-state index contributed by atoms with van der Waals surface area (Å²) in [6.45, 7) is 6.40. The molecule has 2 aliphatic heterocycles. The minimum Gasteiger partial charge on any atom is -0.394 e. The van der Waals surface area contributed by atoms with Crippen LogP contribution in [0.3, 0.4) is 0 Å². The van der Waals surface area contributed by atoms with Crippen LogP contribution < -0.4 is 5.32 Å². The molecule has 0 unspecified atom stereocenters. The molecule has 2 amide bonds. The van der Waals surface area contributed by atoms with E-state index >= 15 is 0 Å². The van der Waals surface area contributed by atoms with Crippen LogP contribution in [0.4, 0.5) is 0 Å². The molecule has 124 valence electrons. The van der Waals surface area contributed by atoms with Crippen LogP contribution in [0, 0.1) is 13.8 Å². The lowest BCUT2D eigenvalue weighted by Crippen LogP contribution is -2.69. The van der Waals surface area contributed by atoms with Crippen molar-refractivity contribution >= 4 is 11.8 Å². The van der Waals surface area contributed by atoms with Crippen molar-refractivity contribution in [1.29, 1.82) is 0 Å². The van der Waals surface area contributed by atoms with Crippen LogP contribution in [0.1, 0.15) is 16.7 Å². The molecule has 2 atom stereocenters. The van der Waals surface area contributed by atoms with Crippen LogP contribution in [-0.2, 0) is 16.1 Å². The van der Waals surface area contributed by atoms with Crippen LogP contribution in [0.2, 0.25) is 0 Å². The van der Waals surface area contributed by atoms with Gasteiger partial charge in [0.05, 0.1) is 6.61 Å². The third-order valence-electron chi connectivity index (χ3n) is 4.74. The van der Waals surface area contributed by atoms with E-state index in [0.29, 0.717) is 13.1 Å². The summed E-state index contributed by atoms with van der Waals surface area (Å²) in [5.74, 6) is -0.350. The van der Waals surface area contributed by atoms with E-state index in [1.807, 2.05) is 0 Å². The Morgan fingerprint density at radius 1 is 1.26 bits per heavy atom. The van der Waals surface area contributed by atoms with Gasteiger partial charge in [-0.2, -0.15) is 0 Å². The predicted molar refractivity (Wildman–Crippen MR) is 85.7 cm³/mol. The van der Waals surface area contributed by atoms with Crippen molar-refractivity contribution in [1.82, 2.24) is 15.1 Å². The number of carbonyl (C=O) groups is 2. The van der Waals surface area contributed by atoms with Crippen LogP contribution in [0.25, 0.3) is 0 Å². The number of rotatable bonds is 3. The van der Waals surface area contributed by atoms with Gasteiger partial charge >= 0.3 is 0 Å². The Hall–Kier alpha value is -1.92. The second-order valence-corrected chi connectivity index (χ2v) is 6.46. The number of aliphatic hydroxyl groups is 1. The fourth-order valence-electron chi connectivity index (χ4n) is 3.39. The lowest BCUT2D eigenvalue weighted by molar-refractivity contribution is -0.154. The molecule has 1 aromatic rings. The SMILES string of the molecule is Cc1ccc(CN2CCN3C(=O)[C@H](CO)NC(=O)[C@H]3C2)c(C)c1. The van der Waals surface area contributed by atoms with Crippen LogP contribution in [0.15, 0.2) is 18.2 Å². The Morgan fingerprint density at radius 3 is 2.74 bits per heavy atom. The smallest absolute Gasteiger partial charge is 0.248 e. The predicted octanol–water partition coefficient (Wildman–Crippen LogP) is -0.193. The van der Waals surface area contributed by atoms with E-state index in [2.05, 4.69) is 42.3 Å². The summed E-state index contributed by atoms with van der Waals surface area (Å²) in [4.78, 5) is 28.3. The zero-order chi connectivity index (χ0) is 16.6. The molecule has 2 aliphatic rings. The zero-order valence-electron chi connectivity index (χ0n) is 13.6. The number of benzene rings is 1. The van der Waals surface area contributed by atoms with Crippen molar-refractivity contribution in [3.05, 3.63) is 34.9 Å². The van der Waals surface area contributed by atoms with Gasteiger partial charge in [0.2, 0.25) is 11.8 Å². The van der Waals surface area contributed by atoms with Gasteiger partial charge in [-0.1, -0.05) is 23.8 Å². The quantitative estimate of drug-likeness (QED) is 0.810. The molecule has 23 heavy (non-hydrogen) atoms. The first-order valence-electron chi connectivity index (χ1n) is 8.00. The lowest BCUT2D eigenvalue weighted by Gasteiger charge is -2.45. The topological polar surface area (TPSA) is 72.9 Å². The van der Waals surface area contributed by atoms with E-state index in [1.54, 1.807) is 4.90 Å². The molecule has 2 N–H and O–H groups in total. The van der Waals surface area contributed by atoms with E-state index in [9.17, 15) is 14.7 Å². The van der Waals surface area contributed by atoms with Gasteiger partial charge in [-0.25, -0.2) is 0 Å². The molecule has 2 fully saturated rings. The third kappa shape index (κ3) is 3.09. The zero-order valence-corrected chi connectivity index (χ0v) is 13.6. The summed E-state index contributed by atoms with van der Waals surface area (Å²) in [5.41, 5.74) is 3.74. The van der Waals surface area contributed by atoms with Gasteiger partial charge in [-0.15, -0.1) is 0 Å². The van der Waals surface area contributed by atoms with Crippen molar-refractivity contribution in [3.63, 3.8) is 0 Å². The number of aryl methyl sites for hydroxylation is 2. The average molecular weight is 317 g/mol. The van der Waals surface area contributed by atoms with Gasteiger partial charge < -0.3 is 15.3 Å². The first-order valence-corrected chi connectivity index (χ1v) is 8.00. The maximum atomic E-state index is 12.2. The standard InChI is InChI=1S/C17H23N3O3/c1-11-3-4-13(12(2)7-11)8-19-5-6-20-15(9-19)16(22)18-14(10-21)17(20)23/h3-4,7,14-15,21H,5-6,8-10H2,1-2H3,(H,18,22)/t14-,15+/m0/s1. The molecule has 6 nitrogen and oxygen atoms in total. The first-order chi connectivity index (χ1) is 11.0. The van der Waals surface area contributed by atoms with Gasteiger partial charge in [-0.05, 0) is 25.0 Å². The number of piperazine rings is 2. The van der Waals surface area contributed by atoms with Crippen molar-refractivity contribution in [2.45, 2.75) is 32.5 Å². The second-order valence-electron chi connectivity index (χ2n) is 6.46. The monoisotopic (exact) mass is 317 g/mol. The fraction of sp³-hybridized carbons (Fsp3) is 0.529. The Balaban J connectivity index is 1.70. The molecule has 2 heterocycles. The van der Waals surface area contributed by atoms with E-state index in [4.69, 9.17) is 0 Å². The van der Waals surface area contributed by atoms with Crippen LogP contribution in [-0.4, -0.2) is 65.0 Å². The summed E-state index contributed by atoms with van der Waals surface area (Å²) in [6, 6.07) is 5.15. The molecule has 0 aliphatic carbocycles.